The number of hydrogen-bond acceptors (Lipinski definition) is 3. The minimum absolute atomic E-state index is 0.420. The van der Waals surface area contributed by atoms with Crippen LogP contribution >= 0.6 is 0 Å². The van der Waals surface area contributed by atoms with Crippen LogP contribution in [0.25, 0.3) is 0 Å². The summed E-state index contributed by atoms with van der Waals surface area (Å²) in [7, 11) is 2.14. The fourth-order valence-electron chi connectivity index (χ4n) is 3.23. The van der Waals surface area contributed by atoms with Gasteiger partial charge in [0.1, 0.15) is 0 Å². The summed E-state index contributed by atoms with van der Waals surface area (Å²) in [6.07, 6.45) is 4.62. The van der Waals surface area contributed by atoms with E-state index < -0.39 is 6.10 Å². The lowest BCUT2D eigenvalue weighted by atomic mass is 9.75. The summed E-state index contributed by atoms with van der Waals surface area (Å²) in [4.78, 5) is 2.33. The lowest BCUT2D eigenvalue weighted by Gasteiger charge is -2.39. The molecule has 0 spiro atoms. The predicted octanol–water partition coefficient (Wildman–Crippen LogP) is 3.08. The molecule has 1 saturated carbocycles. The molecule has 21 heavy (non-hydrogen) atoms. The Bertz CT molecular complexity index is 431. The van der Waals surface area contributed by atoms with E-state index in [1.165, 1.54) is 25.7 Å². The Morgan fingerprint density at radius 1 is 1.24 bits per heavy atom. The standard InChI is InChI=1S/C18H30N2O/c1-18(2)10-8-16(9-11-18)20(3)13-17(21)15-6-4-14(12-19)5-7-15/h4-7,16-17,21H,8-13,19H2,1-3H3. The Balaban J connectivity index is 1.88. The Morgan fingerprint density at radius 3 is 2.33 bits per heavy atom. The van der Waals surface area contributed by atoms with Crippen LogP contribution in [-0.4, -0.2) is 29.6 Å². The highest BCUT2D eigenvalue weighted by Crippen LogP contribution is 2.36. The van der Waals surface area contributed by atoms with E-state index in [-0.39, 0.29) is 0 Å². The zero-order valence-corrected chi connectivity index (χ0v) is 13.7. The number of aliphatic hydroxyl groups excluding tert-OH is 1. The number of nitrogens with zero attached hydrogens (tertiary/aromatic N) is 1. The quantitative estimate of drug-likeness (QED) is 0.876. The summed E-state index contributed by atoms with van der Waals surface area (Å²) in [5, 5.41) is 10.4. The van der Waals surface area contributed by atoms with E-state index >= 15 is 0 Å². The fraction of sp³-hybridized carbons (Fsp3) is 0.667. The smallest absolute Gasteiger partial charge is 0.0916 e. The zero-order valence-electron chi connectivity index (χ0n) is 13.7. The fourth-order valence-corrected chi connectivity index (χ4v) is 3.23. The number of likely N-dealkylation sites (N-methyl/N-ethyl adjacent to an activating group) is 1. The molecular weight excluding hydrogens is 260 g/mol. The third kappa shape index (κ3) is 4.53. The summed E-state index contributed by atoms with van der Waals surface area (Å²) in [5.74, 6) is 0. The SMILES string of the molecule is CN(CC(O)c1ccc(CN)cc1)C1CCC(C)(C)CC1. The minimum atomic E-state index is -0.420. The van der Waals surface area contributed by atoms with Crippen molar-refractivity contribution in [1.29, 1.82) is 0 Å². The van der Waals surface area contributed by atoms with E-state index in [9.17, 15) is 5.11 Å². The van der Waals surface area contributed by atoms with Crippen molar-refractivity contribution in [2.45, 2.75) is 58.2 Å². The van der Waals surface area contributed by atoms with Crippen molar-refractivity contribution >= 4 is 0 Å². The van der Waals surface area contributed by atoms with Gasteiger partial charge in [-0.2, -0.15) is 0 Å². The number of benzene rings is 1. The molecule has 3 nitrogen and oxygen atoms in total. The van der Waals surface area contributed by atoms with Crippen molar-refractivity contribution in [3.05, 3.63) is 35.4 Å². The van der Waals surface area contributed by atoms with Crippen molar-refractivity contribution in [2.75, 3.05) is 13.6 Å². The third-order valence-electron chi connectivity index (χ3n) is 4.99. The van der Waals surface area contributed by atoms with E-state index in [1.54, 1.807) is 0 Å². The third-order valence-corrected chi connectivity index (χ3v) is 4.99. The van der Waals surface area contributed by atoms with Crippen molar-refractivity contribution < 1.29 is 5.11 Å². The first-order chi connectivity index (χ1) is 9.91. The van der Waals surface area contributed by atoms with Crippen LogP contribution in [0.5, 0.6) is 0 Å². The van der Waals surface area contributed by atoms with Gasteiger partial charge in [0.15, 0.2) is 0 Å². The molecule has 118 valence electrons. The molecule has 1 aliphatic rings. The molecule has 0 saturated heterocycles. The van der Waals surface area contributed by atoms with Crippen LogP contribution in [0.1, 0.15) is 56.8 Å². The van der Waals surface area contributed by atoms with Crippen molar-refractivity contribution in [2.24, 2.45) is 11.1 Å². The Labute approximate surface area is 129 Å². The van der Waals surface area contributed by atoms with Crippen molar-refractivity contribution in [1.82, 2.24) is 4.90 Å². The van der Waals surface area contributed by atoms with Gasteiger partial charge in [-0.3, -0.25) is 0 Å². The lowest BCUT2D eigenvalue weighted by Crippen LogP contribution is -2.39. The van der Waals surface area contributed by atoms with Gasteiger partial charge in [-0.05, 0) is 49.3 Å². The molecule has 1 aromatic rings. The normalized spacial score (nSPS) is 20.7. The molecule has 2 rings (SSSR count). The molecule has 0 heterocycles. The highest BCUT2D eigenvalue weighted by Gasteiger charge is 2.29. The molecule has 1 aromatic carbocycles. The molecule has 0 aromatic heterocycles. The second kappa shape index (κ2) is 6.91. The van der Waals surface area contributed by atoms with Crippen LogP contribution < -0.4 is 5.73 Å². The van der Waals surface area contributed by atoms with E-state index in [0.717, 1.165) is 11.1 Å². The van der Waals surface area contributed by atoms with E-state index in [1.807, 2.05) is 24.3 Å². The van der Waals surface area contributed by atoms with Crippen LogP contribution in [0.15, 0.2) is 24.3 Å². The van der Waals surface area contributed by atoms with Gasteiger partial charge < -0.3 is 15.7 Å². The molecular formula is C18H30N2O. The summed E-state index contributed by atoms with van der Waals surface area (Å²) < 4.78 is 0. The molecule has 3 heteroatoms. The predicted molar refractivity (Wildman–Crippen MR) is 88.0 cm³/mol. The summed E-state index contributed by atoms with van der Waals surface area (Å²) in [5.41, 5.74) is 8.19. The second-order valence-electron chi connectivity index (χ2n) is 7.30. The molecule has 1 fully saturated rings. The van der Waals surface area contributed by atoms with Crippen molar-refractivity contribution in [3.8, 4) is 0 Å². The van der Waals surface area contributed by atoms with E-state index in [2.05, 4.69) is 25.8 Å². The molecule has 1 atom stereocenters. The highest BCUT2D eigenvalue weighted by atomic mass is 16.3. The number of rotatable bonds is 5. The van der Waals surface area contributed by atoms with Gasteiger partial charge >= 0.3 is 0 Å². The van der Waals surface area contributed by atoms with Gasteiger partial charge in [-0.1, -0.05) is 38.1 Å². The average Bonchev–Trinajstić information content (AvgIpc) is 2.47. The zero-order chi connectivity index (χ0) is 15.5. The minimum Gasteiger partial charge on any atom is -0.387 e. The van der Waals surface area contributed by atoms with Gasteiger partial charge in [0.25, 0.3) is 0 Å². The van der Waals surface area contributed by atoms with Crippen LogP contribution in [-0.2, 0) is 6.54 Å². The van der Waals surface area contributed by atoms with Gasteiger partial charge in [0.05, 0.1) is 6.10 Å². The Kier molecular flexibility index (Phi) is 5.42. The molecule has 0 aliphatic heterocycles. The van der Waals surface area contributed by atoms with Gasteiger partial charge in [-0.25, -0.2) is 0 Å². The number of aliphatic hydroxyl groups is 1. The first-order valence-corrected chi connectivity index (χ1v) is 8.08. The van der Waals surface area contributed by atoms with Crippen LogP contribution in [0.2, 0.25) is 0 Å². The number of hydrogen-bond donors (Lipinski definition) is 2. The van der Waals surface area contributed by atoms with Gasteiger partial charge in [0.2, 0.25) is 0 Å². The van der Waals surface area contributed by atoms with E-state index in [4.69, 9.17) is 5.73 Å². The first-order valence-electron chi connectivity index (χ1n) is 8.08. The summed E-state index contributed by atoms with van der Waals surface area (Å²) in [6, 6.07) is 8.59. The molecule has 1 aliphatic carbocycles. The molecule has 3 N–H and O–H groups in total. The monoisotopic (exact) mass is 290 g/mol. The molecule has 0 amide bonds. The highest BCUT2D eigenvalue weighted by molar-refractivity contribution is 5.24. The average molecular weight is 290 g/mol. The largest absolute Gasteiger partial charge is 0.387 e. The van der Waals surface area contributed by atoms with Crippen LogP contribution in [0.3, 0.4) is 0 Å². The molecule has 0 bridgehead atoms. The van der Waals surface area contributed by atoms with Crippen molar-refractivity contribution in [3.63, 3.8) is 0 Å². The maximum Gasteiger partial charge on any atom is 0.0916 e. The van der Waals surface area contributed by atoms with Crippen LogP contribution in [0.4, 0.5) is 0 Å². The lowest BCUT2D eigenvalue weighted by molar-refractivity contribution is 0.0722. The Morgan fingerprint density at radius 2 is 1.81 bits per heavy atom. The van der Waals surface area contributed by atoms with Crippen LogP contribution in [0, 0.1) is 5.41 Å². The molecule has 1 unspecified atom stereocenters. The summed E-state index contributed by atoms with van der Waals surface area (Å²) >= 11 is 0. The number of nitrogens with two attached hydrogens (primary N) is 1. The second-order valence-corrected chi connectivity index (χ2v) is 7.30. The van der Waals surface area contributed by atoms with Gasteiger partial charge in [-0.15, -0.1) is 0 Å². The Hall–Kier alpha value is -0.900. The van der Waals surface area contributed by atoms with Gasteiger partial charge in [0, 0.05) is 19.1 Å². The topological polar surface area (TPSA) is 49.5 Å². The maximum absolute atomic E-state index is 10.4. The first kappa shape index (κ1) is 16.5. The molecule has 0 radical (unpaired) electrons. The maximum atomic E-state index is 10.4. The van der Waals surface area contributed by atoms with E-state index in [0.29, 0.717) is 24.5 Å². The summed E-state index contributed by atoms with van der Waals surface area (Å²) in [6.45, 7) is 5.97.